The summed E-state index contributed by atoms with van der Waals surface area (Å²) in [5.74, 6) is -0.0159. The molecule has 0 spiro atoms. The van der Waals surface area contributed by atoms with E-state index < -0.39 is 5.60 Å². The molecule has 1 rings (SSSR count). The predicted molar refractivity (Wildman–Crippen MR) is 83.2 cm³/mol. The molecule has 0 aliphatic rings. The lowest BCUT2D eigenvalue weighted by molar-refractivity contribution is 0.00593. The molecule has 1 aromatic rings. The van der Waals surface area contributed by atoms with Crippen molar-refractivity contribution in [3.05, 3.63) is 29.8 Å². The smallest absolute Gasteiger partial charge is 0.251 e. The minimum atomic E-state index is -0.881. The van der Waals surface area contributed by atoms with E-state index in [9.17, 15) is 9.90 Å². The number of hydrogen-bond donors (Lipinski definition) is 2. The van der Waals surface area contributed by atoms with Crippen LogP contribution in [0.15, 0.2) is 24.3 Å². The van der Waals surface area contributed by atoms with Crippen LogP contribution in [-0.2, 0) is 0 Å². The molecule has 0 aliphatic heterocycles. The van der Waals surface area contributed by atoms with Crippen molar-refractivity contribution in [2.24, 2.45) is 5.92 Å². The standard InChI is InChI=1S/C16H26N2O2/c1-6-12(2)16(3,20)11-17-15(19)13-7-9-14(10-8-13)18(4)5/h7-10,12,20H,6,11H2,1-5H3,(H,17,19). The van der Waals surface area contributed by atoms with Crippen molar-refractivity contribution in [2.75, 3.05) is 25.5 Å². The zero-order chi connectivity index (χ0) is 15.3. The first-order valence-corrected chi connectivity index (χ1v) is 7.06. The fraction of sp³-hybridized carbons (Fsp3) is 0.562. The lowest BCUT2D eigenvalue weighted by atomic mass is 9.88. The van der Waals surface area contributed by atoms with Gasteiger partial charge in [0.25, 0.3) is 5.91 Å². The van der Waals surface area contributed by atoms with Crippen molar-refractivity contribution in [2.45, 2.75) is 32.8 Å². The van der Waals surface area contributed by atoms with E-state index in [4.69, 9.17) is 0 Å². The summed E-state index contributed by atoms with van der Waals surface area (Å²) in [6, 6.07) is 7.40. The molecule has 0 fully saturated rings. The molecular weight excluding hydrogens is 252 g/mol. The maximum absolute atomic E-state index is 12.0. The van der Waals surface area contributed by atoms with Gasteiger partial charge in [-0.1, -0.05) is 20.3 Å². The highest BCUT2D eigenvalue weighted by atomic mass is 16.3. The molecule has 1 aromatic carbocycles. The zero-order valence-corrected chi connectivity index (χ0v) is 13.1. The number of carbonyl (C=O) groups excluding carboxylic acids is 1. The van der Waals surface area contributed by atoms with E-state index in [1.165, 1.54) is 0 Å². The number of rotatable bonds is 6. The Labute approximate surface area is 121 Å². The number of aliphatic hydroxyl groups is 1. The maximum Gasteiger partial charge on any atom is 0.251 e. The van der Waals surface area contributed by atoms with E-state index in [0.717, 1.165) is 12.1 Å². The summed E-state index contributed by atoms with van der Waals surface area (Å²) in [4.78, 5) is 14.0. The van der Waals surface area contributed by atoms with E-state index in [1.54, 1.807) is 19.1 Å². The molecule has 4 nitrogen and oxygen atoms in total. The van der Waals surface area contributed by atoms with Gasteiger partial charge in [0.05, 0.1) is 5.60 Å². The van der Waals surface area contributed by atoms with Crippen LogP contribution in [-0.4, -0.2) is 37.3 Å². The first-order valence-electron chi connectivity index (χ1n) is 7.06. The molecule has 2 unspecified atom stereocenters. The van der Waals surface area contributed by atoms with Gasteiger partial charge < -0.3 is 15.3 Å². The SMILES string of the molecule is CCC(C)C(C)(O)CNC(=O)c1ccc(N(C)C)cc1. The maximum atomic E-state index is 12.0. The molecule has 1 amide bonds. The predicted octanol–water partition coefficient (Wildman–Crippen LogP) is 2.28. The number of nitrogens with one attached hydrogen (secondary N) is 1. The van der Waals surface area contributed by atoms with Crippen molar-refractivity contribution in [3.8, 4) is 0 Å². The minimum Gasteiger partial charge on any atom is -0.388 e. The number of carbonyl (C=O) groups is 1. The highest BCUT2D eigenvalue weighted by Crippen LogP contribution is 2.19. The fourth-order valence-corrected chi connectivity index (χ4v) is 1.89. The van der Waals surface area contributed by atoms with Gasteiger partial charge in [-0.05, 0) is 37.1 Å². The van der Waals surface area contributed by atoms with Gasteiger partial charge >= 0.3 is 0 Å². The highest BCUT2D eigenvalue weighted by molar-refractivity contribution is 5.94. The summed E-state index contributed by atoms with van der Waals surface area (Å²) < 4.78 is 0. The first-order chi connectivity index (χ1) is 9.27. The fourth-order valence-electron chi connectivity index (χ4n) is 1.89. The number of hydrogen-bond acceptors (Lipinski definition) is 3. The Morgan fingerprint density at radius 2 is 1.90 bits per heavy atom. The second-order valence-electron chi connectivity index (χ2n) is 5.79. The van der Waals surface area contributed by atoms with E-state index in [-0.39, 0.29) is 18.4 Å². The molecule has 0 aromatic heterocycles. The molecule has 0 bridgehead atoms. The van der Waals surface area contributed by atoms with Crippen LogP contribution in [0.1, 0.15) is 37.6 Å². The molecule has 4 heteroatoms. The van der Waals surface area contributed by atoms with E-state index >= 15 is 0 Å². The van der Waals surface area contributed by atoms with Crippen molar-refractivity contribution in [1.29, 1.82) is 0 Å². The Hall–Kier alpha value is -1.55. The van der Waals surface area contributed by atoms with Gasteiger partial charge in [0.15, 0.2) is 0 Å². The summed E-state index contributed by atoms with van der Waals surface area (Å²) in [6.45, 7) is 6.03. The minimum absolute atomic E-state index is 0.138. The molecular formula is C16H26N2O2. The number of benzene rings is 1. The Morgan fingerprint density at radius 3 is 2.35 bits per heavy atom. The van der Waals surface area contributed by atoms with Gasteiger partial charge in [-0.3, -0.25) is 4.79 Å². The third kappa shape index (κ3) is 4.23. The third-order valence-corrected chi connectivity index (χ3v) is 3.93. The van der Waals surface area contributed by atoms with E-state index in [0.29, 0.717) is 5.56 Å². The van der Waals surface area contributed by atoms with Crippen LogP contribution in [0.25, 0.3) is 0 Å². The number of amides is 1. The van der Waals surface area contributed by atoms with Crippen LogP contribution in [0.5, 0.6) is 0 Å². The van der Waals surface area contributed by atoms with Gasteiger partial charge in [-0.25, -0.2) is 0 Å². The Bertz CT molecular complexity index is 438. The zero-order valence-electron chi connectivity index (χ0n) is 13.1. The molecule has 0 saturated carbocycles. The highest BCUT2D eigenvalue weighted by Gasteiger charge is 2.27. The summed E-state index contributed by atoms with van der Waals surface area (Å²) in [6.07, 6.45) is 0.875. The van der Waals surface area contributed by atoms with E-state index in [2.05, 4.69) is 5.32 Å². The quantitative estimate of drug-likeness (QED) is 0.839. The monoisotopic (exact) mass is 278 g/mol. The molecule has 2 N–H and O–H groups in total. The van der Waals surface area contributed by atoms with Crippen LogP contribution >= 0.6 is 0 Å². The average molecular weight is 278 g/mol. The van der Waals surface area contributed by atoms with Crippen molar-refractivity contribution < 1.29 is 9.90 Å². The molecule has 0 saturated heterocycles. The van der Waals surface area contributed by atoms with Crippen LogP contribution in [0, 0.1) is 5.92 Å². The number of nitrogens with zero attached hydrogens (tertiary/aromatic N) is 1. The normalized spacial score (nSPS) is 15.3. The van der Waals surface area contributed by atoms with Crippen molar-refractivity contribution >= 4 is 11.6 Å². The topological polar surface area (TPSA) is 52.6 Å². The summed E-state index contributed by atoms with van der Waals surface area (Å²) in [5.41, 5.74) is 0.775. The van der Waals surface area contributed by atoms with Gasteiger partial charge in [-0.2, -0.15) is 0 Å². The van der Waals surface area contributed by atoms with Crippen LogP contribution in [0.3, 0.4) is 0 Å². The molecule has 20 heavy (non-hydrogen) atoms. The second kappa shape index (κ2) is 6.75. The van der Waals surface area contributed by atoms with E-state index in [1.807, 2.05) is 45.0 Å². The van der Waals surface area contributed by atoms with Gasteiger partial charge in [0.2, 0.25) is 0 Å². The Kier molecular flexibility index (Phi) is 5.57. The number of anilines is 1. The van der Waals surface area contributed by atoms with Crippen LogP contribution in [0.2, 0.25) is 0 Å². The lowest BCUT2D eigenvalue weighted by Gasteiger charge is -2.29. The Balaban J connectivity index is 2.63. The molecule has 0 aliphatic carbocycles. The largest absolute Gasteiger partial charge is 0.388 e. The Morgan fingerprint density at radius 1 is 1.35 bits per heavy atom. The van der Waals surface area contributed by atoms with Crippen LogP contribution < -0.4 is 10.2 Å². The van der Waals surface area contributed by atoms with Gasteiger partial charge in [0, 0.05) is 31.9 Å². The lowest BCUT2D eigenvalue weighted by Crippen LogP contribution is -2.45. The molecule has 0 radical (unpaired) electrons. The average Bonchev–Trinajstić information content (AvgIpc) is 2.43. The van der Waals surface area contributed by atoms with Gasteiger partial charge in [0.1, 0.15) is 0 Å². The summed E-state index contributed by atoms with van der Waals surface area (Å²) in [5, 5.41) is 13.1. The van der Waals surface area contributed by atoms with Gasteiger partial charge in [-0.15, -0.1) is 0 Å². The summed E-state index contributed by atoms with van der Waals surface area (Å²) in [7, 11) is 3.91. The molecule has 0 heterocycles. The second-order valence-corrected chi connectivity index (χ2v) is 5.79. The first kappa shape index (κ1) is 16.5. The van der Waals surface area contributed by atoms with Crippen molar-refractivity contribution in [1.82, 2.24) is 5.32 Å². The van der Waals surface area contributed by atoms with Crippen molar-refractivity contribution in [3.63, 3.8) is 0 Å². The van der Waals surface area contributed by atoms with Crippen LogP contribution in [0.4, 0.5) is 5.69 Å². The third-order valence-electron chi connectivity index (χ3n) is 3.93. The molecule has 112 valence electrons. The molecule has 2 atom stereocenters. The summed E-state index contributed by atoms with van der Waals surface area (Å²) >= 11 is 0.